The minimum atomic E-state index is -1.04. The molecule has 1 heterocycles. The number of carboxylic acid groups (broad SMARTS) is 1. The molecule has 1 aromatic rings. The van der Waals surface area contributed by atoms with E-state index in [0.29, 0.717) is 6.42 Å². The van der Waals surface area contributed by atoms with E-state index < -0.39 is 18.1 Å². The average molecular weight is 261 g/mol. The summed E-state index contributed by atoms with van der Waals surface area (Å²) in [7, 11) is 0. The number of benzene rings is 1. The molecular formula is C14H15NO4. The number of carboxylic acids is 1. The molecule has 5 nitrogen and oxygen atoms in total. The second kappa shape index (κ2) is 4.35. The van der Waals surface area contributed by atoms with Crippen molar-refractivity contribution in [2.45, 2.75) is 30.9 Å². The fourth-order valence-corrected chi connectivity index (χ4v) is 2.97. The van der Waals surface area contributed by atoms with Gasteiger partial charge in [-0.25, -0.2) is 4.79 Å². The minimum absolute atomic E-state index is 0.120. The van der Waals surface area contributed by atoms with E-state index in [4.69, 9.17) is 5.11 Å². The Morgan fingerprint density at radius 3 is 2.68 bits per heavy atom. The van der Waals surface area contributed by atoms with Gasteiger partial charge in [-0.15, -0.1) is 0 Å². The summed E-state index contributed by atoms with van der Waals surface area (Å²) in [6.07, 6.45) is 0.0454. The van der Waals surface area contributed by atoms with Gasteiger partial charge >= 0.3 is 5.97 Å². The maximum absolute atomic E-state index is 12.4. The molecule has 100 valence electrons. The monoisotopic (exact) mass is 261 g/mol. The Hall–Kier alpha value is -1.88. The molecule has 0 aromatic heterocycles. The second-order valence-corrected chi connectivity index (χ2v) is 5.19. The molecule has 0 bridgehead atoms. The van der Waals surface area contributed by atoms with Crippen LogP contribution in [0.3, 0.4) is 0 Å². The third kappa shape index (κ3) is 1.90. The molecule has 2 unspecified atom stereocenters. The molecule has 1 aliphatic heterocycles. The number of carbonyl (C=O) groups is 2. The number of nitrogens with zero attached hydrogens (tertiary/aromatic N) is 1. The van der Waals surface area contributed by atoms with Gasteiger partial charge in [-0.2, -0.15) is 0 Å². The van der Waals surface area contributed by atoms with Gasteiger partial charge in [0.05, 0.1) is 12.0 Å². The van der Waals surface area contributed by atoms with Gasteiger partial charge in [0.15, 0.2) is 0 Å². The highest BCUT2D eigenvalue weighted by atomic mass is 16.4. The quantitative estimate of drug-likeness (QED) is 0.806. The lowest BCUT2D eigenvalue weighted by Crippen LogP contribution is -2.45. The molecule has 0 radical (unpaired) electrons. The molecule has 2 aliphatic rings. The zero-order valence-electron chi connectivity index (χ0n) is 10.3. The highest BCUT2D eigenvalue weighted by Gasteiger charge is 2.43. The van der Waals surface area contributed by atoms with Gasteiger partial charge in [0.25, 0.3) is 0 Å². The Balaban J connectivity index is 1.80. The first kappa shape index (κ1) is 12.2. The lowest BCUT2D eigenvalue weighted by Gasteiger charge is -2.33. The number of aliphatic hydroxyl groups excluding tert-OH is 1. The van der Waals surface area contributed by atoms with Crippen LogP contribution in [0.5, 0.6) is 0 Å². The number of likely N-dealkylation sites (tertiary alicyclic amines) is 1. The van der Waals surface area contributed by atoms with Crippen molar-refractivity contribution in [3.05, 3.63) is 35.4 Å². The smallest absolute Gasteiger partial charge is 0.326 e. The summed E-state index contributed by atoms with van der Waals surface area (Å²) < 4.78 is 0. The van der Waals surface area contributed by atoms with Crippen LogP contribution >= 0.6 is 0 Å². The summed E-state index contributed by atoms with van der Waals surface area (Å²) in [5.41, 5.74) is 2.13. The lowest BCUT2D eigenvalue weighted by molar-refractivity contribution is -0.149. The van der Waals surface area contributed by atoms with Gasteiger partial charge in [0, 0.05) is 13.0 Å². The summed E-state index contributed by atoms with van der Waals surface area (Å²) in [4.78, 5) is 24.8. The Kier molecular flexibility index (Phi) is 2.78. The van der Waals surface area contributed by atoms with Gasteiger partial charge in [-0.05, 0) is 17.5 Å². The first-order chi connectivity index (χ1) is 9.08. The first-order valence-electron chi connectivity index (χ1n) is 6.37. The number of aliphatic carboxylic acids is 1. The molecule has 1 aliphatic carbocycles. The van der Waals surface area contributed by atoms with E-state index >= 15 is 0 Å². The van der Waals surface area contributed by atoms with Crippen molar-refractivity contribution in [2.75, 3.05) is 6.54 Å². The van der Waals surface area contributed by atoms with Crippen molar-refractivity contribution in [3.8, 4) is 0 Å². The average Bonchev–Trinajstić information content (AvgIpc) is 2.73. The molecule has 2 N–H and O–H groups in total. The summed E-state index contributed by atoms with van der Waals surface area (Å²) in [5.74, 6) is -1.47. The molecular weight excluding hydrogens is 246 g/mol. The van der Waals surface area contributed by atoms with Crippen LogP contribution in [0.2, 0.25) is 0 Å². The summed E-state index contributed by atoms with van der Waals surface area (Å²) >= 11 is 0. The molecule has 3 atom stereocenters. The largest absolute Gasteiger partial charge is 0.480 e. The van der Waals surface area contributed by atoms with Crippen LogP contribution in [0.4, 0.5) is 0 Å². The van der Waals surface area contributed by atoms with Gasteiger partial charge in [0.2, 0.25) is 5.91 Å². The topological polar surface area (TPSA) is 77.8 Å². The molecule has 19 heavy (non-hydrogen) atoms. The van der Waals surface area contributed by atoms with E-state index in [1.54, 1.807) is 0 Å². The van der Waals surface area contributed by atoms with E-state index in [0.717, 1.165) is 11.1 Å². The predicted molar refractivity (Wildman–Crippen MR) is 66.6 cm³/mol. The summed E-state index contributed by atoms with van der Waals surface area (Å²) in [5, 5.41) is 18.7. The van der Waals surface area contributed by atoms with Gasteiger partial charge in [0.1, 0.15) is 6.04 Å². The van der Waals surface area contributed by atoms with Gasteiger partial charge in [-0.1, -0.05) is 24.3 Å². The maximum atomic E-state index is 12.4. The zero-order chi connectivity index (χ0) is 13.6. The molecule has 1 fully saturated rings. The molecule has 3 rings (SSSR count). The Morgan fingerprint density at radius 1 is 1.26 bits per heavy atom. The number of fused-ring (bicyclic) bond motifs is 1. The van der Waals surface area contributed by atoms with Gasteiger partial charge < -0.3 is 15.1 Å². The third-order valence-electron chi connectivity index (χ3n) is 4.00. The van der Waals surface area contributed by atoms with E-state index in [1.807, 2.05) is 24.3 Å². The Labute approximate surface area is 110 Å². The molecule has 1 amide bonds. The predicted octanol–water partition coefficient (Wildman–Crippen LogP) is 0.373. The van der Waals surface area contributed by atoms with Crippen molar-refractivity contribution < 1.29 is 19.8 Å². The minimum Gasteiger partial charge on any atom is -0.480 e. The maximum Gasteiger partial charge on any atom is 0.326 e. The highest BCUT2D eigenvalue weighted by molar-refractivity contribution is 5.91. The van der Waals surface area contributed by atoms with Crippen molar-refractivity contribution in [2.24, 2.45) is 0 Å². The van der Waals surface area contributed by atoms with Crippen molar-refractivity contribution in [1.82, 2.24) is 4.90 Å². The first-order valence-corrected chi connectivity index (χ1v) is 6.37. The number of β-amino-alcohol motifs (C(OH)–C–C–N with tert-alkyl or cyclic N) is 1. The van der Waals surface area contributed by atoms with Crippen LogP contribution in [0.15, 0.2) is 24.3 Å². The fourth-order valence-electron chi connectivity index (χ4n) is 2.97. The van der Waals surface area contributed by atoms with E-state index in [9.17, 15) is 14.7 Å². The Morgan fingerprint density at radius 2 is 2.00 bits per heavy atom. The lowest BCUT2D eigenvalue weighted by atomic mass is 9.77. The van der Waals surface area contributed by atoms with Crippen LogP contribution in [-0.4, -0.2) is 45.7 Å². The van der Waals surface area contributed by atoms with Crippen molar-refractivity contribution >= 4 is 11.9 Å². The third-order valence-corrected chi connectivity index (χ3v) is 4.00. The second-order valence-electron chi connectivity index (χ2n) is 5.19. The summed E-state index contributed by atoms with van der Waals surface area (Å²) in [6.45, 7) is 0.120. The van der Waals surface area contributed by atoms with E-state index in [2.05, 4.69) is 0 Å². The summed E-state index contributed by atoms with van der Waals surface area (Å²) in [6, 6.07) is 6.80. The molecule has 1 aromatic carbocycles. The van der Waals surface area contributed by atoms with Crippen LogP contribution < -0.4 is 0 Å². The van der Waals surface area contributed by atoms with Gasteiger partial charge in [-0.3, -0.25) is 4.79 Å². The molecule has 0 saturated carbocycles. The van der Waals surface area contributed by atoms with Crippen LogP contribution in [0.1, 0.15) is 23.5 Å². The fraction of sp³-hybridized carbons (Fsp3) is 0.429. The highest BCUT2D eigenvalue weighted by Crippen LogP contribution is 2.37. The zero-order valence-corrected chi connectivity index (χ0v) is 10.3. The van der Waals surface area contributed by atoms with E-state index in [1.165, 1.54) is 4.90 Å². The standard InChI is InChI=1S/C14H15NO4/c16-9-6-12(14(18)19)15(7-9)13(17)11-5-8-3-1-2-4-10(8)11/h1-4,9,11-12,16H,5-7H2,(H,18,19)/t9?,11?,12-/m0/s1. The number of hydrogen-bond donors (Lipinski definition) is 2. The van der Waals surface area contributed by atoms with Crippen LogP contribution in [0.25, 0.3) is 0 Å². The Bertz CT molecular complexity index is 542. The van der Waals surface area contributed by atoms with Crippen LogP contribution in [-0.2, 0) is 16.0 Å². The normalized spacial score (nSPS) is 28.7. The van der Waals surface area contributed by atoms with Crippen molar-refractivity contribution in [1.29, 1.82) is 0 Å². The number of hydrogen-bond acceptors (Lipinski definition) is 3. The van der Waals surface area contributed by atoms with Crippen LogP contribution in [0, 0.1) is 0 Å². The number of aliphatic hydroxyl groups is 1. The number of carbonyl (C=O) groups excluding carboxylic acids is 1. The number of rotatable bonds is 2. The molecule has 5 heteroatoms. The van der Waals surface area contributed by atoms with Crippen molar-refractivity contribution in [3.63, 3.8) is 0 Å². The SMILES string of the molecule is O=C(O)[C@@H]1CC(O)CN1C(=O)C1Cc2ccccc21. The van der Waals surface area contributed by atoms with E-state index in [-0.39, 0.29) is 24.8 Å². The molecule has 0 spiro atoms. The molecule has 1 saturated heterocycles. The number of amides is 1.